The highest BCUT2D eigenvalue weighted by Crippen LogP contribution is 2.26. The highest BCUT2D eigenvalue weighted by molar-refractivity contribution is 5.59. The fourth-order valence-corrected chi connectivity index (χ4v) is 2.10. The van der Waals surface area contributed by atoms with Crippen LogP contribution in [0, 0.1) is 17.1 Å². The summed E-state index contributed by atoms with van der Waals surface area (Å²) >= 11 is 0. The zero-order valence-electron chi connectivity index (χ0n) is 10.0. The summed E-state index contributed by atoms with van der Waals surface area (Å²) in [5.74, 6) is -0.377. The molecular formula is C13H15FN2O. The van der Waals surface area contributed by atoms with Gasteiger partial charge in [0.25, 0.3) is 0 Å². The Kier molecular flexibility index (Phi) is 3.03. The lowest BCUT2D eigenvalue weighted by Crippen LogP contribution is -2.48. The normalized spacial score (nSPS) is 18.8. The third-order valence-corrected chi connectivity index (χ3v) is 2.85. The van der Waals surface area contributed by atoms with Gasteiger partial charge < -0.3 is 9.64 Å². The number of rotatable bonds is 1. The van der Waals surface area contributed by atoms with Gasteiger partial charge in [0, 0.05) is 13.1 Å². The van der Waals surface area contributed by atoms with Gasteiger partial charge in [0.05, 0.1) is 23.5 Å². The number of hydrogen-bond acceptors (Lipinski definition) is 3. The highest BCUT2D eigenvalue weighted by atomic mass is 19.1. The van der Waals surface area contributed by atoms with E-state index in [1.165, 1.54) is 12.1 Å². The molecule has 1 saturated heterocycles. The molecule has 1 aliphatic rings. The van der Waals surface area contributed by atoms with Crippen molar-refractivity contribution >= 4 is 5.69 Å². The third-order valence-electron chi connectivity index (χ3n) is 2.85. The van der Waals surface area contributed by atoms with E-state index in [-0.39, 0.29) is 11.4 Å². The van der Waals surface area contributed by atoms with E-state index in [9.17, 15) is 4.39 Å². The number of ether oxygens (including phenoxy) is 1. The predicted octanol–water partition coefficient (Wildman–Crippen LogP) is 2.31. The van der Waals surface area contributed by atoms with Crippen molar-refractivity contribution in [3.05, 3.63) is 29.6 Å². The number of benzene rings is 1. The maximum absolute atomic E-state index is 13.1. The molecule has 1 aromatic carbocycles. The van der Waals surface area contributed by atoms with Crippen LogP contribution in [-0.2, 0) is 4.74 Å². The summed E-state index contributed by atoms with van der Waals surface area (Å²) in [6, 6.07) is 6.36. The molecule has 4 heteroatoms. The van der Waals surface area contributed by atoms with E-state index in [0.717, 1.165) is 12.2 Å². The van der Waals surface area contributed by atoms with Crippen molar-refractivity contribution in [1.29, 1.82) is 5.26 Å². The van der Waals surface area contributed by atoms with Gasteiger partial charge in [-0.15, -0.1) is 0 Å². The van der Waals surface area contributed by atoms with Gasteiger partial charge in [0.1, 0.15) is 11.9 Å². The maximum Gasteiger partial charge on any atom is 0.124 e. The number of anilines is 1. The first-order valence-corrected chi connectivity index (χ1v) is 5.60. The van der Waals surface area contributed by atoms with Gasteiger partial charge in [-0.25, -0.2) is 4.39 Å². The minimum atomic E-state index is -0.377. The smallest absolute Gasteiger partial charge is 0.124 e. The minimum absolute atomic E-state index is 0.237. The number of nitriles is 1. The second-order valence-electron chi connectivity index (χ2n) is 4.80. The Morgan fingerprint density at radius 1 is 1.47 bits per heavy atom. The SMILES string of the molecule is CC1(C)CN(c2ccc(F)cc2C#N)CCO1. The molecule has 0 atom stereocenters. The van der Waals surface area contributed by atoms with E-state index in [0.29, 0.717) is 18.7 Å². The molecule has 0 radical (unpaired) electrons. The van der Waals surface area contributed by atoms with E-state index < -0.39 is 0 Å². The van der Waals surface area contributed by atoms with E-state index in [2.05, 4.69) is 4.90 Å². The molecule has 0 spiro atoms. The van der Waals surface area contributed by atoms with Gasteiger partial charge in [-0.3, -0.25) is 0 Å². The van der Waals surface area contributed by atoms with Crippen LogP contribution in [0.4, 0.5) is 10.1 Å². The van der Waals surface area contributed by atoms with Crippen LogP contribution >= 0.6 is 0 Å². The fraction of sp³-hybridized carbons (Fsp3) is 0.462. The monoisotopic (exact) mass is 234 g/mol. The molecule has 1 aliphatic heterocycles. The van der Waals surface area contributed by atoms with Crippen molar-refractivity contribution in [2.24, 2.45) is 0 Å². The summed E-state index contributed by atoms with van der Waals surface area (Å²) in [6.07, 6.45) is 0. The standard InChI is InChI=1S/C13H15FN2O/c1-13(2)9-16(5-6-17-13)12-4-3-11(14)7-10(12)8-15/h3-4,7H,5-6,9H2,1-2H3. The van der Waals surface area contributed by atoms with Crippen molar-refractivity contribution in [3.8, 4) is 6.07 Å². The van der Waals surface area contributed by atoms with Crippen molar-refractivity contribution < 1.29 is 9.13 Å². The number of nitrogens with zero attached hydrogens (tertiary/aromatic N) is 2. The zero-order valence-corrected chi connectivity index (χ0v) is 10.0. The second kappa shape index (κ2) is 4.34. The average molecular weight is 234 g/mol. The lowest BCUT2D eigenvalue weighted by Gasteiger charge is -2.39. The molecule has 2 rings (SSSR count). The van der Waals surface area contributed by atoms with Gasteiger partial charge >= 0.3 is 0 Å². The van der Waals surface area contributed by atoms with Crippen LogP contribution in [0.25, 0.3) is 0 Å². The van der Waals surface area contributed by atoms with Crippen molar-refractivity contribution in [1.82, 2.24) is 0 Å². The molecule has 0 aromatic heterocycles. The van der Waals surface area contributed by atoms with Crippen LogP contribution in [-0.4, -0.2) is 25.3 Å². The highest BCUT2D eigenvalue weighted by Gasteiger charge is 2.28. The first kappa shape index (κ1) is 11.9. The predicted molar refractivity (Wildman–Crippen MR) is 63.4 cm³/mol. The first-order chi connectivity index (χ1) is 8.02. The van der Waals surface area contributed by atoms with E-state index in [4.69, 9.17) is 10.00 Å². The van der Waals surface area contributed by atoms with E-state index in [1.807, 2.05) is 19.9 Å². The molecule has 0 N–H and O–H groups in total. The summed E-state index contributed by atoms with van der Waals surface area (Å²) in [7, 11) is 0. The lowest BCUT2D eigenvalue weighted by atomic mass is 10.1. The Labute approximate surface area is 100 Å². The van der Waals surface area contributed by atoms with Gasteiger partial charge in [-0.2, -0.15) is 5.26 Å². The van der Waals surface area contributed by atoms with E-state index in [1.54, 1.807) is 6.07 Å². The lowest BCUT2D eigenvalue weighted by molar-refractivity contribution is -0.0277. The zero-order chi connectivity index (χ0) is 12.5. The van der Waals surface area contributed by atoms with Crippen LogP contribution in [0.5, 0.6) is 0 Å². The Balaban J connectivity index is 2.31. The third kappa shape index (κ3) is 2.56. The van der Waals surface area contributed by atoms with Gasteiger partial charge in [-0.1, -0.05) is 0 Å². The molecule has 0 saturated carbocycles. The minimum Gasteiger partial charge on any atom is -0.372 e. The molecular weight excluding hydrogens is 219 g/mol. The van der Waals surface area contributed by atoms with Gasteiger partial charge in [-0.05, 0) is 32.0 Å². The molecule has 0 amide bonds. The molecule has 0 unspecified atom stereocenters. The molecule has 1 aromatic rings. The molecule has 0 bridgehead atoms. The van der Waals surface area contributed by atoms with E-state index >= 15 is 0 Å². The van der Waals surface area contributed by atoms with Crippen LogP contribution < -0.4 is 4.90 Å². The van der Waals surface area contributed by atoms with Crippen LogP contribution in [0.2, 0.25) is 0 Å². The Morgan fingerprint density at radius 3 is 2.88 bits per heavy atom. The largest absolute Gasteiger partial charge is 0.372 e. The van der Waals surface area contributed by atoms with Crippen molar-refractivity contribution in [3.63, 3.8) is 0 Å². The van der Waals surface area contributed by atoms with Crippen LogP contribution in [0.1, 0.15) is 19.4 Å². The van der Waals surface area contributed by atoms with Gasteiger partial charge in [0.15, 0.2) is 0 Å². The fourth-order valence-electron chi connectivity index (χ4n) is 2.10. The Hall–Kier alpha value is -1.60. The molecule has 1 fully saturated rings. The molecule has 1 heterocycles. The van der Waals surface area contributed by atoms with Crippen molar-refractivity contribution in [2.45, 2.75) is 19.4 Å². The van der Waals surface area contributed by atoms with Crippen molar-refractivity contribution in [2.75, 3.05) is 24.6 Å². The van der Waals surface area contributed by atoms with Gasteiger partial charge in [0.2, 0.25) is 0 Å². The Morgan fingerprint density at radius 2 is 2.24 bits per heavy atom. The second-order valence-corrected chi connectivity index (χ2v) is 4.80. The summed E-state index contributed by atoms with van der Waals surface area (Å²) in [5.41, 5.74) is 0.923. The average Bonchev–Trinajstić information content (AvgIpc) is 2.27. The quantitative estimate of drug-likeness (QED) is 0.748. The molecule has 3 nitrogen and oxygen atoms in total. The summed E-state index contributed by atoms with van der Waals surface area (Å²) in [6.45, 7) is 6.07. The Bertz CT molecular complexity index is 465. The molecule has 0 aliphatic carbocycles. The summed E-state index contributed by atoms with van der Waals surface area (Å²) in [4.78, 5) is 2.07. The molecule has 90 valence electrons. The number of hydrogen-bond donors (Lipinski definition) is 0. The topological polar surface area (TPSA) is 36.3 Å². The number of morpholine rings is 1. The van der Waals surface area contributed by atoms with Crippen LogP contribution in [0.3, 0.4) is 0 Å². The number of halogens is 1. The summed E-state index contributed by atoms with van der Waals surface area (Å²) < 4.78 is 18.7. The maximum atomic E-state index is 13.1. The molecule has 17 heavy (non-hydrogen) atoms. The van der Waals surface area contributed by atoms with Crippen LogP contribution in [0.15, 0.2) is 18.2 Å². The summed E-state index contributed by atoms with van der Waals surface area (Å²) in [5, 5.41) is 9.03. The first-order valence-electron chi connectivity index (χ1n) is 5.60.